The number of hydrogen-bond acceptors (Lipinski definition) is 4. The molecule has 114 valence electrons. The van der Waals surface area contributed by atoms with Gasteiger partial charge in [-0.2, -0.15) is 0 Å². The third-order valence-corrected chi connectivity index (χ3v) is 4.07. The Labute approximate surface area is 130 Å². The minimum atomic E-state index is 0.612. The van der Waals surface area contributed by atoms with Gasteiger partial charge in [-0.15, -0.1) is 11.3 Å². The topological polar surface area (TPSA) is 30.5 Å². The summed E-state index contributed by atoms with van der Waals surface area (Å²) in [5.41, 5.74) is 0. The van der Waals surface area contributed by atoms with Crippen LogP contribution in [0.4, 0.5) is 0 Å². The van der Waals surface area contributed by atoms with Crippen molar-refractivity contribution in [1.82, 2.24) is 5.32 Å². The van der Waals surface area contributed by atoms with Crippen molar-refractivity contribution in [3.63, 3.8) is 0 Å². The predicted octanol–water partition coefficient (Wildman–Crippen LogP) is 4.08. The Morgan fingerprint density at radius 1 is 1.00 bits per heavy atom. The van der Waals surface area contributed by atoms with Crippen LogP contribution in [0.5, 0.6) is 11.5 Å². The van der Waals surface area contributed by atoms with Crippen molar-refractivity contribution in [2.45, 2.75) is 27.0 Å². The molecule has 4 heteroatoms. The minimum Gasteiger partial charge on any atom is -0.497 e. The molecule has 2 aromatic rings. The molecule has 0 saturated carbocycles. The van der Waals surface area contributed by atoms with E-state index in [2.05, 4.69) is 31.3 Å². The van der Waals surface area contributed by atoms with Crippen molar-refractivity contribution < 1.29 is 9.47 Å². The van der Waals surface area contributed by atoms with Gasteiger partial charge in [0.1, 0.15) is 18.1 Å². The van der Waals surface area contributed by atoms with Gasteiger partial charge < -0.3 is 14.8 Å². The molecule has 0 amide bonds. The van der Waals surface area contributed by atoms with Crippen molar-refractivity contribution in [2.24, 2.45) is 5.92 Å². The zero-order chi connectivity index (χ0) is 15.1. The molecule has 0 fully saturated rings. The Morgan fingerprint density at radius 3 is 2.33 bits per heavy atom. The summed E-state index contributed by atoms with van der Waals surface area (Å²) in [5.74, 6) is 2.39. The highest BCUT2D eigenvalue weighted by molar-refractivity contribution is 7.11. The van der Waals surface area contributed by atoms with E-state index in [1.807, 2.05) is 24.3 Å². The van der Waals surface area contributed by atoms with E-state index >= 15 is 0 Å². The second-order valence-electron chi connectivity index (χ2n) is 5.36. The maximum Gasteiger partial charge on any atom is 0.122 e. The molecule has 3 nitrogen and oxygen atoms in total. The average Bonchev–Trinajstić information content (AvgIpc) is 2.93. The molecule has 1 aromatic heterocycles. The highest BCUT2D eigenvalue weighted by Gasteiger charge is 2.02. The second-order valence-corrected chi connectivity index (χ2v) is 6.61. The van der Waals surface area contributed by atoms with Crippen LogP contribution >= 0.6 is 11.3 Å². The van der Waals surface area contributed by atoms with E-state index in [4.69, 9.17) is 9.47 Å². The fourth-order valence-corrected chi connectivity index (χ4v) is 2.81. The molecule has 0 saturated heterocycles. The summed E-state index contributed by atoms with van der Waals surface area (Å²) in [6, 6.07) is 12.0. The van der Waals surface area contributed by atoms with Crippen molar-refractivity contribution in [1.29, 1.82) is 0 Å². The van der Waals surface area contributed by atoms with E-state index < -0.39 is 0 Å². The van der Waals surface area contributed by atoms with Crippen LogP contribution in [0.3, 0.4) is 0 Å². The molecule has 1 heterocycles. The SMILES string of the molecule is COc1ccc(OCc2ccc(CNCC(C)C)s2)cc1. The van der Waals surface area contributed by atoms with Gasteiger partial charge in [-0.25, -0.2) is 0 Å². The van der Waals surface area contributed by atoms with E-state index in [0.717, 1.165) is 24.6 Å². The molecule has 0 aliphatic carbocycles. The fourth-order valence-electron chi connectivity index (χ4n) is 1.91. The van der Waals surface area contributed by atoms with Crippen LogP contribution in [-0.2, 0) is 13.2 Å². The lowest BCUT2D eigenvalue weighted by molar-refractivity contribution is 0.309. The molecule has 0 radical (unpaired) electrons. The minimum absolute atomic E-state index is 0.612. The Morgan fingerprint density at radius 2 is 1.67 bits per heavy atom. The first-order chi connectivity index (χ1) is 10.2. The Balaban J connectivity index is 1.79. The first-order valence-corrected chi connectivity index (χ1v) is 8.04. The zero-order valence-corrected chi connectivity index (χ0v) is 13.7. The number of methoxy groups -OCH3 is 1. The molecule has 0 unspecified atom stereocenters. The number of rotatable bonds is 8. The number of nitrogens with one attached hydrogen (secondary N) is 1. The van der Waals surface area contributed by atoms with E-state index in [-0.39, 0.29) is 0 Å². The third kappa shape index (κ3) is 5.40. The largest absolute Gasteiger partial charge is 0.497 e. The molecular weight excluding hydrogens is 282 g/mol. The van der Waals surface area contributed by atoms with Crippen molar-refractivity contribution in [2.75, 3.05) is 13.7 Å². The molecule has 1 N–H and O–H groups in total. The summed E-state index contributed by atoms with van der Waals surface area (Å²) in [5, 5.41) is 3.46. The van der Waals surface area contributed by atoms with Gasteiger partial charge in [0.15, 0.2) is 0 Å². The highest BCUT2D eigenvalue weighted by atomic mass is 32.1. The van der Waals surface area contributed by atoms with Crippen molar-refractivity contribution in [3.05, 3.63) is 46.2 Å². The van der Waals surface area contributed by atoms with Gasteiger partial charge in [0.2, 0.25) is 0 Å². The Bertz CT molecular complexity index is 534. The van der Waals surface area contributed by atoms with Gasteiger partial charge in [0.05, 0.1) is 7.11 Å². The van der Waals surface area contributed by atoms with Crippen molar-refractivity contribution >= 4 is 11.3 Å². The maximum absolute atomic E-state index is 5.78. The lowest BCUT2D eigenvalue weighted by atomic mass is 10.2. The molecule has 2 rings (SSSR count). The van der Waals surface area contributed by atoms with E-state index in [9.17, 15) is 0 Å². The average molecular weight is 305 g/mol. The Hall–Kier alpha value is -1.52. The molecule has 1 aromatic carbocycles. The van der Waals surface area contributed by atoms with E-state index in [1.165, 1.54) is 9.75 Å². The van der Waals surface area contributed by atoms with Crippen molar-refractivity contribution in [3.8, 4) is 11.5 Å². The number of benzene rings is 1. The summed E-state index contributed by atoms with van der Waals surface area (Å²) in [6.07, 6.45) is 0. The van der Waals surface area contributed by atoms with Gasteiger partial charge >= 0.3 is 0 Å². The standard InChI is InChI=1S/C17H23NO2S/c1-13(2)10-18-11-16-8-9-17(21-16)12-20-15-6-4-14(19-3)5-7-15/h4-9,13,18H,10-12H2,1-3H3. The van der Waals surface area contributed by atoms with Crippen LogP contribution in [0.1, 0.15) is 23.6 Å². The van der Waals surface area contributed by atoms with Crippen LogP contribution in [-0.4, -0.2) is 13.7 Å². The van der Waals surface area contributed by atoms with Crippen LogP contribution in [0.2, 0.25) is 0 Å². The summed E-state index contributed by atoms with van der Waals surface area (Å²) < 4.78 is 10.9. The molecule has 0 atom stereocenters. The normalized spacial score (nSPS) is 10.9. The first-order valence-electron chi connectivity index (χ1n) is 7.22. The summed E-state index contributed by atoms with van der Waals surface area (Å²) in [4.78, 5) is 2.59. The van der Waals surface area contributed by atoms with E-state index in [1.54, 1.807) is 18.4 Å². The monoisotopic (exact) mass is 305 g/mol. The van der Waals surface area contributed by atoms with Crippen LogP contribution in [0.25, 0.3) is 0 Å². The van der Waals surface area contributed by atoms with Gasteiger partial charge in [0, 0.05) is 16.3 Å². The number of ether oxygens (including phenoxy) is 2. The lowest BCUT2D eigenvalue weighted by Gasteiger charge is -2.06. The van der Waals surface area contributed by atoms with Gasteiger partial charge in [-0.05, 0) is 48.9 Å². The molecule has 0 bridgehead atoms. The van der Waals surface area contributed by atoms with Gasteiger partial charge in [-0.3, -0.25) is 0 Å². The van der Waals surface area contributed by atoms with Crippen LogP contribution < -0.4 is 14.8 Å². The lowest BCUT2D eigenvalue weighted by Crippen LogP contribution is -2.18. The smallest absolute Gasteiger partial charge is 0.122 e. The predicted molar refractivity (Wildman–Crippen MR) is 88.2 cm³/mol. The van der Waals surface area contributed by atoms with Gasteiger partial charge in [0.25, 0.3) is 0 Å². The van der Waals surface area contributed by atoms with Gasteiger partial charge in [-0.1, -0.05) is 13.8 Å². The zero-order valence-electron chi connectivity index (χ0n) is 12.9. The molecule has 21 heavy (non-hydrogen) atoms. The summed E-state index contributed by atoms with van der Waals surface area (Å²) in [7, 11) is 1.66. The Kier molecular flexibility index (Phi) is 6.08. The third-order valence-electron chi connectivity index (χ3n) is 3.01. The summed E-state index contributed by atoms with van der Waals surface area (Å²) >= 11 is 1.80. The molecule has 0 aliphatic rings. The second kappa shape index (κ2) is 8.05. The first kappa shape index (κ1) is 15.9. The fraction of sp³-hybridized carbons (Fsp3) is 0.412. The molecular formula is C17H23NO2S. The molecule has 0 aliphatic heterocycles. The quantitative estimate of drug-likeness (QED) is 0.797. The number of hydrogen-bond donors (Lipinski definition) is 1. The maximum atomic E-state index is 5.78. The van der Waals surface area contributed by atoms with E-state index in [0.29, 0.717) is 12.5 Å². The summed E-state index contributed by atoms with van der Waals surface area (Å²) in [6.45, 7) is 7.03. The highest BCUT2D eigenvalue weighted by Crippen LogP contribution is 2.21. The molecule has 0 spiro atoms. The number of thiophene rings is 1. The van der Waals surface area contributed by atoms with Crippen LogP contribution in [0, 0.1) is 5.92 Å². The van der Waals surface area contributed by atoms with Crippen LogP contribution in [0.15, 0.2) is 36.4 Å².